The van der Waals surface area contributed by atoms with E-state index in [1.807, 2.05) is 30.0 Å². The van der Waals surface area contributed by atoms with Gasteiger partial charge in [-0.3, -0.25) is 9.59 Å². The molecule has 0 aliphatic carbocycles. The van der Waals surface area contributed by atoms with E-state index in [1.54, 1.807) is 11.3 Å². The van der Waals surface area contributed by atoms with Crippen LogP contribution in [0.2, 0.25) is 0 Å². The number of anilines is 1. The van der Waals surface area contributed by atoms with E-state index in [-0.39, 0.29) is 11.8 Å². The summed E-state index contributed by atoms with van der Waals surface area (Å²) in [5.41, 5.74) is 7.77. The number of benzene rings is 1. The monoisotopic (exact) mass is 572 g/mol. The predicted molar refractivity (Wildman–Crippen MR) is 166 cm³/mol. The molecule has 0 unspecified atom stereocenters. The Labute approximate surface area is 246 Å². The number of nitrogens with zero attached hydrogens (tertiary/aromatic N) is 3. The average molecular weight is 573 g/mol. The minimum atomic E-state index is -0.123. The molecule has 2 aromatic heterocycles. The highest BCUT2D eigenvalue weighted by Crippen LogP contribution is 2.38. The third-order valence-electron chi connectivity index (χ3n) is 8.90. The van der Waals surface area contributed by atoms with Crippen molar-refractivity contribution in [1.82, 2.24) is 25.1 Å². The van der Waals surface area contributed by atoms with Crippen molar-refractivity contribution in [1.29, 1.82) is 0 Å². The number of aromatic amines is 1. The molecule has 0 spiro atoms. The molecule has 1 saturated heterocycles. The molecule has 1 aromatic carbocycles. The van der Waals surface area contributed by atoms with E-state index in [2.05, 4.69) is 45.8 Å². The SMILES string of the molecule is CCN(CC)CCN1CCCc2[nH]c(/C=C3\C(=O)Nc4ccc(-c5csc(C6CCNCC6)n5)cc43)c(C)c2C1=O. The van der Waals surface area contributed by atoms with Crippen molar-refractivity contribution < 1.29 is 9.59 Å². The Morgan fingerprint density at radius 1 is 1.17 bits per heavy atom. The summed E-state index contributed by atoms with van der Waals surface area (Å²) in [5, 5.41) is 9.79. The Morgan fingerprint density at radius 2 is 1.98 bits per heavy atom. The first-order valence-corrected chi connectivity index (χ1v) is 15.9. The Balaban J connectivity index is 1.28. The van der Waals surface area contributed by atoms with Gasteiger partial charge in [0.05, 0.1) is 21.8 Å². The molecule has 0 bridgehead atoms. The maximum absolute atomic E-state index is 13.7. The fourth-order valence-electron chi connectivity index (χ4n) is 6.33. The summed E-state index contributed by atoms with van der Waals surface area (Å²) in [4.78, 5) is 39.6. The van der Waals surface area contributed by atoms with Crippen molar-refractivity contribution in [2.45, 2.75) is 52.4 Å². The van der Waals surface area contributed by atoms with Gasteiger partial charge in [-0.05, 0) is 82.6 Å². The maximum Gasteiger partial charge on any atom is 0.256 e. The van der Waals surface area contributed by atoms with Crippen LogP contribution in [0.3, 0.4) is 0 Å². The van der Waals surface area contributed by atoms with Crippen molar-refractivity contribution in [2.75, 3.05) is 51.1 Å². The molecule has 3 aromatic rings. The first kappa shape index (κ1) is 27.9. The molecule has 3 N–H and O–H groups in total. The number of rotatable bonds is 8. The van der Waals surface area contributed by atoms with Gasteiger partial charge in [0.15, 0.2) is 0 Å². The molecule has 9 heteroatoms. The van der Waals surface area contributed by atoms with Crippen LogP contribution in [0.4, 0.5) is 5.69 Å². The van der Waals surface area contributed by atoms with Gasteiger partial charge in [-0.1, -0.05) is 19.9 Å². The first-order valence-electron chi connectivity index (χ1n) is 15.0. The number of carbonyl (C=O) groups excluding carboxylic acids is 2. The van der Waals surface area contributed by atoms with E-state index >= 15 is 0 Å². The van der Waals surface area contributed by atoms with Crippen LogP contribution in [0.5, 0.6) is 0 Å². The lowest BCUT2D eigenvalue weighted by atomic mass is 9.99. The van der Waals surface area contributed by atoms with Gasteiger partial charge in [0.1, 0.15) is 0 Å². The number of fused-ring (bicyclic) bond motifs is 2. The Morgan fingerprint density at radius 3 is 2.76 bits per heavy atom. The Bertz CT molecular complexity index is 1480. The lowest BCUT2D eigenvalue weighted by molar-refractivity contribution is -0.110. The highest BCUT2D eigenvalue weighted by atomic mass is 32.1. The number of aryl methyl sites for hydroxylation is 1. The summed E-state index contributed by atoms with van der Waals surface area (Å²) >= 11 is 1.74. The first-order chi connectivity index (χ1) is 20.0. The number of hydrogen-bond acceptors (Lipinski definition) is 6. The van der Waals surface area contributed by atoms with Crippen molar-refractivity contribution in [3.63, 3.8) is 0 Å². The average Bonchev–Trinajstić information content (AvgIpc) is 3.66. The topological polar surface area (TPSA) is 93.4 Å². The predicted octanol–water partition coefficient (Wildman–Crippen LogP) is 5.14. The fraction of sp³-hybridized carbons (Fsp3) is 0.469. The number of amides is 2. The number of piperidine rings is 1. The second kappa shape index (κ2) is 11.9. The Kier molecular flexibility index (Phi) is 8.10. The van der Waals surface area contributed by atoms with Crippen LogP contribution in [0.1, 0.15) is 76.9 Å². The second-order valence-corrected chi connectivity index (χ2v) is 12.2. The van der Waals surface area contributed by atoms with Crippen LogP contribution in [0, 0.1) is 6.92 Å². The van der Waals surface area contributed by atoms with Gasteiger partial charge in [0.2, 0.25) is 0 Å². The lowest BCUT2D eigenvalue weighted by Gasteiger charge is -2.25. The molecule has 0 saturated carbocycles. The van der Waals surface area contributed by atoms with E-state index in [0.717, 1.165) is 117 Å². The third-order valence-corrected chi connectivity index (χ3v) is 9.91. The summed E-state index contributed by atoms with van der Waals surface area (Å²) in [5.74, 6) is 0.488. The molecule has 1 fully saturated rings. The zero-order valence-corrected chi connectivity index (χ0v) is 25.1. The van der Waals surface area contributed by atoms with Gasteiger partial charge in [0, 0.05) is 59.1 Å². The van der Waals surface area contributed by atoms with E-state index < -0.39 is 0 Å². The molecular formula is C32H40N6O2S. The number of thiazole rings is 1. The zero-order chi connectivity index (χ0) is 28.5. The van der Waals surface area contributed by atoms with Crippen LogP contribution in [0.15, 0.2) is 23.6 Å². The van der Waals surface area contributed by atoms with E-state index in [0.29, 0.717) is 11.5 Å². The molecular weight excluding hydrogens is 532 g/mol. The quantitative estimate of drug-likeness (QED) is 0.325. The molecule has 0 atom stereocenters. The summed E-state index contributed by atoms with van der Waals surface area (Å²) in [6, 6.07) is 6.08. The smallest absolute Gasteiger partial charge is 0.256 e. The van der Waals surface area contributed by atoms with Crippen molar-refractivity contribution in [3.8, 4) is 11.3 Å². The minimum Gasteiger partial charge on any atom is -0.358 e. The molecule has 0 radical (unpaired) electrons. The summed E-state index contributed by atoms with van der Waals surface area (Å²) < 4.78 is 0. The lowest BCUT2D eigenvalue weighted by Crippen LogP contribution is -2.38. The molecule has 216 valence electrons. The highest BCUT2D eigenvalue weighted by Gasteiger charge is 2.30. The second-order valence-electron chi connectivity index (χ2n) is 11.3. The molecule has 3 aliphatic rings. The van der Waals surface area contributed by atoms with Crippen LogP contribution in [0.25, 0.3) is 22.9 Å². The zero-order valence-electron chi connectivity index (χ0n) is 24.3. The number of carbonyl (C=O) groups is 2. The number of likely N-dealkylation sites (N-methyl/N-ethyl adjacent to an activating group) is 1. The normalized spacial score (nSPS) is 18.6. The number of hydrogen-bond donors (Lipinski definition) is 3. The van der Waals surface area contributed by atoms with Crippen LogP contribution >= 0.6 is 11.3 Å². The van der Waals surface area contributed by atoms with Gasteiger partial charge >= 0.3 is 0 Å². The molecule has 41 heavy (non-hydrogen) atoms. The summed E-state index contributed by atoms with van der Waals surface area (Å²) in [6.45, 7) is 12.8. The van der Waals surface area contributed by atoms with Crippen LogP contribution in [-0.4, -0.2) is 77.4 Å². The van der Waals surface area contributed by atoms with E-state index in [4.69, 9.17) is 4.98 Å². The van der Waals surface area contributed by atoms with Gasteiger partial charge in [-0.25, -0.2) is 4.98 Å². The molecule has 5 heterocycles. The number of aromatic nitrogens is 2. The largest absolute Gasteiger partial charge is 0.358 e. The van der Waals surface area contributed by atoms with Crippen LogP contribution in [-0.2, 0) is 11.2 Å². The highest BCUT2D eigenvalue weighted by molar-refractivity contribution is 7.10. The third kappa shape index (κ3) is 5.50. The summed E-state index contributed by atoms with van der Waals surface area (Å²) in [6.07, 6.45) is 5.91. The fourth-order valence-corrected chi connectivity index (χ4v) is 7.33. The Hall–Kier alpha value is -3.27. The van der Waals surface area contributed by atoms with Gasteiger partial charge in [-0.15, -0.1) is 11.3 Å². The van der Waals surface area contributed by atoms with Crippen molar-refractivity contribution in [2.24, 2.45) is 0 Å². The maximum atomic E-state index is 13.7. The van der Waals surface area contributed by atoms with Crippen LogP contribution < -0.4 is 10.6 Å². The summed E-state index contributed by atoms with van der Waals surface area (Å²) in [7, 11) is 0. The number of nitrogens with one attached hydrogen (secondary N) is 3. The molecule has 2 amide bonds. The van der Waals surface area contributed by atoms with Gasteiger partial charge in [0.25, 0.3) is 11.8 Å². The van der Waals surface area contributed by atoms with Gasteiger partial charge < -0.3 is 25.4 Å². The van der Waals surface area contributed by atoms with Crippen molar-refractivity contribution >= 4 is 40.5 Å². The number of H-pyrrole nitrogens is 1. The van der Waals surface area contributed by atoms with Gasteiger partial charge in [-0.2, -0.15) is 0 Å². The minimum absolute atomic E-state index is 0.0923. The molecule has 8 nitrogen and oxygen atoms in total. The standard InChI is InChI=1S/C32H40N6O2S/c1-4-37(5-2)15-16-38-14-6-7-26-29(32(38)40)20(3)27(34-26)18-24-23-17-22(8-9-25(23)35-30(24)39)28-19-41-31(36-28)21-10-12-33-13-11-21/h8-9,17-19,21,33-34H,4-7,10-16H2,1-3H3,(H,35,39)/b24-18-. The molecule has 6 rings (SSSR count). The van der Waals surface area contributed by atoms with E-state index in [1.165, 1.54) is 5.01 Å². The van der Waals surface area contributed by atoms with E-state index in [9.17, 15) is 9.59 Å². The molecule has 3 aliphatic heterocycles. The van der Waals surface area contributed by atoms with Crippen molar-refractivity contribution in [3.05, 3.63) is 56.7 Å².